The summed E-state index contributed by atoms with van der Waals surface area (Å²) in [6, 6.07) is 1.32. The van der Waals surface area contributed by atoms with Crippen molar-refractivity contribution < 1.29 is 39.2 Å². The molecule has 1 aliphatic rings. The lowest BCUT2D eigenvalue weighted by Gasteiger charge is -2.37. The van der Waals surface area contributed by atoms with Crippen LogP contribution in [0.4, 0.5) is 27.6 Å². The normalized spacial score (nSPS) is 22.1. The number of halogens is 6. The molecule has 0 aliphatic heterocycles. The zero-order valence-electron chi connectivity index (χ0n) is 16.8. The Labute approximate surface area is 169 Å². The molecular weight excluding hydrogens is 475 g/mol. The second kappa shape index (κ2) is 6.99. The first-order valence-electron chi connectivity index (χ1n) is 9.18. The summed E-state index contributed by atoms with van der Waals surface area (Å²) < 4.78 is 121. The summed E-state index contributed by atoms with van der Waals surface area (Å²) in [4.78, 5) is 1.94. The summed E-state index contributed by atoms with van der Waals surface area (Å²) in [5, 5.41) is 0. The zero-order valence-corrected chi connectivity index (χ0v) is 16.2. The third kappa shape index (κ3) is 3.52. The maximum Gasteiger partial charge on any atom is 0.417 e. The van der Waals surface area contributed by atoms with Crippen molar-refractivity contribution in [2.75, 3.05) is 11.8 Å². The number of methoxy groups -OCH3 is 1. The van der Waals surface area contributed by atoms with Crippen LogP contribution in [0.3, 0.4) is 0 Å². The number of ether oxygens (including phenoxy) is 1. The first kappa shape index (κ1) is 17.2. The SMILES string of the molecule is [2H]C([2H])([2H])OC1(C(F)(F)F)CCc2c(S(=O)(=O)Nc3cc(F)c(Br)cc3F)c[nH]c2C1. The van der Waals surface area contributed by atoms with Gasteiger partial charge in [-0.1, -0.05) is 0 Å². The van der Waals surface area contributed by atoms with E-state index in [-0.39, 0.29) is 15.7 Å². The number of benzene rings is 1. The highest BCUT2D eigenvalue weighted by Gasteiger charge is 2.57. The Morgan fingerprint density at radius 1 is 1.32 bits per heavy atom. The van der Waals surface area contributed by atoms with E-state index in [1.807, 2.05) is 4.72 Å². The molecule has 0 spiro atoms. The lowest BCUT2D eigenvalue weighted by atomic mass is 9.83. The van der Waals surface area contributed by atoms with Crippen molar-refractivity contribution >= 4 is 31.6 Å². The number of H-pyrrole nitrogens is 1. The molecule has 2 N–H and O–H groups in total. The number of sulfonamides is 1. The highest BCUT2D eigenvalue weighted by molar-refractivity contribution is 9.10. The predicted molar refractivity (Wildman–Crippen MR) is 93.5 cm³/mol. The van der Waals surface area contributed by atoms with Crippen LogP contribution in [0.5, 0.6) is 0 Å². The average Bonchev–Trinajstić information content (AvgIpc) is 3.01. The molecule has 0 fully saturated rings. The van der Waals surface area contributed by atoms with Crippen LogP contribution in [0.25, 0.3) is 0 Å². The number of alkyl halides is 3. The van der Waals surface area contributed by atoms with E-state index in [9.17, 15) is 30.4 Å². The van der Waals surface area contributed by atoms with Crippen LogP contribution in [0.2, 0.25) is 0 Å². The second-order valence-electron chi connectivity index (χ2n) is 6.23. The van der Waals surface area contributed by atoms with E-state index < -0.39 is 70.3 Å². The standard InChI is InChI=1S/C16H14BrF5N2O3S/c1-27-15(16(20,21)22)3-2-8-13(6-15)23-7-14(8)28(25,26)24-12-5-10(18)9(17)4-11(12)19/h4-5,7,23-24H,2-3,6H2,1H3/i1D3. The minimum Gasteiger partial charge on any atom is -0.368 e. The molecule has 0 saturated carbocycles. The molecule has 2 aromatic rings. The number of anilines is 1. The first-order valence-corrected chi connectivity index (χ1v) is 9.96. The summed E-state index contributed by atoms with van der Waals surface area (Å²) in [5.74, 6) is -2.02. The molecule has 0 saturated heterocycles. The summed E-state index contributed by atoms with van der Waals surface area (Å²) in [7, 11) is -7.84. The van der Waals surface area contributed by atoms with Crippen molar-refractivity contribution in [3.63, 3.8) is 0 Å². The lowest BCUT2D eigenvalue weighted by Crippen LogP contribution is -2.51. The molecule has 0 radical (unpaired) electrons. The molecular formula is C16H14BrF5N2O3S. The fourth-order valence-electron chi connectivity index (χ4n) is 3.04. The molecule has 12 heteroatoms. The molecule has 1 heterocycles. The monoisotopic (exact) mass is 491 g/mol. The summed E-state index contributed by atoms with van der Waals surface area (Å²) >= 11 is 2.75. The van der Waals surface area contributed by atoms with Gasteiger partial charge in [-0.25, -0.2) is 17.2 Å². The minimum absolute atomic E-state index is 0.0282. The minimum atomic E-state index is -5.04. The molecule has 1 aromatic heterocycles. The number of hydrogen-bond acceptors (Lipinski definition) is 3. The van der Waals surface area contributed by atoms with Crippen molar-refractivity contribution in [3.8, 4) is 0 Å². The fourth-order valence-corrected chi connectivity index (χ4v) is 4.67. The molecule has 1 unspecified atom stereocenters. The molecule has 0 amide bonds. The number of fused-ring (bicyclic) bond motifs is 1. The molecule has 1 aromatic carbocycles. The molecule has 3 rings (SSSR count). The Bertz CT molecular complexity index is 1120. The van der Waals surface area contributed by atoms with Crippen LogP contribution in [0.1, 0.15) is 21.8 Å². The Balaban J connectivity index is 1.96. The second-order valence-corrected chi connectivity index (χ2v) is 8.74. The van der Waals surface area contributed by atoms with Crippen LogP contribution < -0.4 is 4.72 Å². The van der Waals surface area contributed by atoms with Crippen LogP contribution in [0.15, 0.2) is 27.7 Å². The van der Waals surface area contributed by atoms with Crippen molar-refractivity contribution in [2.24, 2.45) is 0 Å². The number of hydrogen-bond donors (Lipinski definition) is 2. The van der Waals surface area contributed by atoms with Gasteiger partial charge in [-0.2, -0.15) is 13.2 Å². The van der Waals surface area contributed by atoms with E-state index in [4.69, 9.17) is 4.11 Å². The van der Waals surface area contributed by atoms with Gasteiger partial charge in [0.15, 0.2) is 5.60 Å². The van der Waals surface area contributed by atoms with Gasteiger partial charge in [-0.3, -0.25) is 4.72 Å². The molecule has 0 bridgehead atoms. The van der Waals surface area contributed by atoms with Gasteiger partial charge in [0.1, 0.15) is 16.5 Å². The van der Waals surface area contributed by atoms with Gasteiger partial charge in [0.05, 0.1) is 14.3 Å². The Morgan fingerprint density at radius 3 is 2.68 bits per heavy atom. The molecule has 1 aliphatic carbocycles. The van der Waals surface area contributed by atoms with Gasteiger partial charge in [0, 0.05) is 31.4 Å². The largest absolute Gasteiger partial charge is 0.417 e. The number of nitrogens with one attached hydrogen (secondary N) is 2. The summed E-state index contributed by atoms with van der Waals surface area (Å²) in [6.45, 7) is 0. The molecule has 28 heavy (non-hydrogen) atoms. The average molecular weight is 492 g/mol. The Hall–Kier alpha value is -1.66. The van der Waals surface area contributed by atoms with E-state index in [0.29, 0.717) is 12.1 Å². The summed E-state index contributed by atoms with van der Waals surface area (Å²) in [6.07, 6.45) is -6.42. The Morgan fingerprint density at radius 2 is 2.04 bits per heavy atom. The van der Waals surface area contributed by atoms with Gasteiger partial charge in [-0.05, 0) is 40.4 Å². The van der Waals surface area contributed by atoms with E-state index in [0.717, 1.165) is 6.20 Å². The topological polar surface area (TPSA) is 71.2 Å². The Kier molecular flexibility index (Phi) is 4.30. The van der Waals surface area contributed by atoms with E-state index >= 15 is 0 Å². The quantitative estimate of drug-likeness (QED) is 0.494. The van der Waals surface area contributed by atoms with Crippen LogP contribution in [-0.2, 0) is 27.6 Å². The third-order valence-corrected chi connectivity index (χ3v) is 6.58. The number of rotatable bonds is 4. The van der Waals surface area contributed by atoms with E-state index in [1.165, 1.54) is 0 Å². The van der Waals surface area contributed by atoms with E-state index in [1.54, 1.807) is 0 Å². The van der Waals surface area contributed by atoms with Gasteiger partial charge in [-0.15, -0.1) is 0 Å². The summed E-state index contributed by atoms with van der Waals surface area (Å²) in [5.41, 5.74) is -3.94. The third-order valence-electron chi connectivity index (χ3n) is 4.54. The van der Waals surface area contributed by atoms with Crippen molar-refractivity contribution in [1.82, 2.24) is 4.98 Å². The zero-order chi connectivity index (χ0) is 23.4. The highest BCUT2D eigenvalue weighted by Crippen LogP contribution is 2.44. The van der Waals surface area contributed by atoms with Gasteiger partial charge in [0.2, 0.25) is 0 Å². The smallest absolute Gasteiger partial charge is 0.368 e. The maximum atomic E-state index is 14.0. The molecule has 154 valence electrons. The van der Waals surface area contributed by atoms with Crippen LogP contribution in [0, 0.1) is 11.6 Å². The van der Waals surface area contributed by atoms with Crippen LogP contribution >= 0.6 is 15.9 Å². The maximum absolute atomic E-state index is 14.0. The van der Waals surface area contributed by atoms with Crippen molar-refractivity contribution in [1.29, 1.82) is 0 Å². The fraction of sp³-hybridized carbons (Fsp3) is 0.375. The molecule has 5 nitrogen and oxygen atoms in total. The lowest BCUT2D eigenvalue weighted by molar-refractivity contribution is -0.273. The van der Waals surface area contributed by atoms with Gasteiger partial charge in [0.25, 0.3) is 10.0 Å². The number of aromatic amines is 1. The van der Waals surface area contributed by atoms with Gasteiger partial charge >= 0.3 is 6.18 Å². The van der Waals surface area contributed by atoms with E-state index in [2.05, 4.69) is 25.7 Å². The van der Waals surface area contributed by atoms with Crippen LogP contribution in [-0.4, -0.2) is 32.2 Å². The van der Waals surface area contributed by atoms with Gasteiger partial charge < -0.3 is 9.72 Å². The number of aromatic nitrogens is 1. The first-order chi connectivity index (χ1) is 14.0. The predicted octanol–water partition coefficient (Wildman–Crippen LogP) is 4.29. The van der Waals surface area contributed by atoms with Crippen molar-refractivity contribution in [2.45, 2.75) is 35.9 Å². The highest BCUT2D eigenvalue weighted by atomic mass is 79.9. The van der Waals surface area contributed by atoms with Crippen molar-refractivity contribution in [3.05, 3.63) is 45.7 Å². The molecule has 1 atom stereocenters.